The van der Waals surface area contributed by atoms with Crippen molar-refractivity contribution in [2.45, 2.75) is 38.3 Å². The van der Waals surface area contributed by atoms with Crippen LogP contribution < -0.4 is 10.5 Å². The van der Waals surface area contributed by atoms with E-state index in [1.54, 1.807) is 0 Å². The van der Waals surface area contributed by atoms with Gasteiger partial charge in [0.05, 0.1) is 10.9 Å². The van der Waals surface area contributed by atoms with E-state index in [1.165, 1.54) is 41.0 Å². The number of hydrogen-bond acceptors (Lipinski definition) is 4. The Bertz CT molecular complexity index is 893. The van der Waals surface area contributed by atoms with E-state index in [-0.39, 0.29) is 16.8 Å². The van der Waals surface area contributed by atoms with E-state index < -0.39 is 10.0 Å². The molecule has 0 heterocycles. The van der Waals surface area contributed by atoms with Crippen LogP contribution in [-0.2, 0) is 21.4 Å². The minimum Gasteiger partial charge on any atom is -0.325 e. The fraction of sp³-hybridized carbons (Fsp3) is 0.316. The summed E-state index contributed by atoms with van der Waals surface area (Å²) in [5, 5.41) is 7.86. The molecule has 0 bridgehead atoms. The number of anilines is 1. The van der Waals surface area contributed by atoms with Crippen molar-refractivity contribution in [1.29, 1.82) is 0 Å². The van der Waals surface area contributed by atoms with E-state index in [4.69, 9.17) is 5.14 Å². The highest BCUT2D eigenvalue weighted by Crippen LogP contribution is 2.16. The number of nitrogens with one attached hydrogen (secondary N) is 1. The number of rotatable bonds is 6. The number of sulfonamides is 1. The number of hydrogen-bond donors (Lipinski definition) is 2. The molecule has 3 N–H and O–H groups in total. The van der Waals surface area contributed by atoms with Gasteiger partial charge in [0.2, 0.25) is 15.9 Å². The molecule has 1 atom stereocenters. The van der Waals surface area contributed by atoms with Gasteiger partial charge in [-0.2, -0.15) is 0 Å². The number of nitrogens with two attached hydrogens (primary N) is 1. The van der Waals surface area contributed by atoms with Gasteiger partial charge in [0.15, 0.2) is 0 Å². The summed E-state index contributed by atoms with van der Waals surface area (Å²) < 4.78 is 22.5. The number of benzene rings is 2. The average molecular weight is 375 g/mol. The van der Waals surface area contributed by atoms with Crippen LogP contribution in [-0.4, -0.2) is 32.3 Å². The monoisotopic (exact) mass is 375 g/mol. The third-order valence-electron chi connectivity index (χ3n) is 4.41. The van der Waals surface area contributed by atoms with Crippen LogP contribution in [0.4, 0.5) is 5.69 Å². The lowest BCUT2D eigenvalue weighted by atomic mass is 10.0. The van der Waals surface area contributed by atoms with E-state index in [0.29, 0.717) is 12.2 Å². The first-order chi connectivity index (χ1) is 12.1. The highest BCUT2D eigenvalue weighted by Gasteiger charge is 2.19. The second-order valence-corrected chi connectivity index (χ2v) is 8.14. The Morgan fingerprint density at radius 1 is 1.15 bits per heavy atom. The first kappa shape index (κ1) is 20.1. The number of likely N-dealkylation sites (N-methyl/N-ethyl adjacent to an activating group) is 1. The number of carbonyl (C=O) groups is 1. The van der Waals surface area contributed by atoms with Crippen LogP contribution in [0.15, 0.2) is 47.4 Å². The summed E-state index contributed by atoms with van der Waals surface area (Å²) in [6.45, 7) is 6.61. The predicted octanol–water partition coefficient (Wildman–Crippen LogP) is 2.41. The number of nitrogens with zero attached hydrogens (tertiary/aromatic N) is 1. The number of amides is 1. The van der Waals surface area contributed by atoms with Crippen LogP contribution in [0.2, 0.25) is 0 Å². The van der Waals surface area contributed by atoms with Gasteiger partial charge >= 0.3 is 0 Å². The zero-order valence-corrected chi connectivity index (χ0v) is 16.3. The Morgan fingerprint density at radius 2 is 1.77 bits per heavy atom. The van der Waals surface area contributed by atoms with Crippen molar-refractivity contribution in [2.75, 3.05) is 12.4 Å². The van der Waals surface area contributed by atoms with Crippen LogP contribution in [0.3, 0.4) is 0 Å². The highest BCUT2D eigenvalue weighted by atomic mass is 32.2. The van der Waals surface area contributed by atoms with E-state index in [0.717, 1.165) is 0 Å². The van der Waals surface area contributed by atoms with E-state index in [1.807, 2.05) is 18.9 Å². The zero-order valence-electron chi connectivity index (χ0n) is 15.5. The van der Waals surface area contributed by atoms with Crippen molar-refractivity contribution in [1.82, 2.24) is 4.90 Å². The Kier molecular flexibility index (Phi) is 6.17. The zero-order chi connectivity index (χ0) is 19.5. The maximum Gasteiger partial charge on any atom is 0.241 e. The summed E-state index contributed by atoms with van der Waals surface area (Å²) in [7, 11) is -1.84. The molecule has 0 saturated carbocycles. The van der Waals surface area contributed by atoms with E-state index in [9.17, 15) is 13.2 Å². The van der Waals surface area contributed by atoms with Crippen molar-refractivity contribution < 1.29 is 13.2 Å². The molecule has 0 unspecified atom stereocenters. The predicted molar refractivity (Wildman–Crippen MR) is 103 cm³/mol. The van der Waals surface area contributed by atoms with Gasteiger partial charge < -0.3 is 5.32 Å². The molecule has 2 rings (SSSR count). The fourth-order valence-corrected chi connectivity index (χ4v) is 3.12. The van der Waals surface area contributed by atoms with Crippen molar-refractivity contribution in [3.05, 3.63) is 59.2 Å². The lowest BCUT2D eigenvalue weighted by Crippen LogP contribution is -2.39. The maximum absolute atomic E-state index is 12.5. The molecule has 2 aromatic rings. The molecule has 0 aliphatic rings. The normalized spacial score (nSPS) is 12.8. The van der Waals surface area contributed by atoms with Crippen molar-refractivity contribution in [3.8, 4) is 0 Å². The molecule has 0 aliphatic carbocycles. The first-order valence-electron chi connectivity index (χ1n) is 8.28. The molecule has 140 valence electrons. The lowest BCUT2D eigenvalue weighted by Gasteiger charge is -2.24. The molecule has 7 heteroatoms. The summed E-state index contributed by atoms with van der Waals surface area (Å²) >= 11 is 0. The first-order valence-corrected chi connectivity index (χ1v) is 9.82. The molecule has 0 saturated heterocycles. The van der Waals surface area contributed by atoms with Gasteiger partial charge in [-0.05, 0) is 63.2 Å². The summed E-state index contributed by atoms with van der Waals surface area (Å²) in [5.41, 5.74) is 4.11. The van der Waals surface area contributed by atoms with Crippen molar-refractivity contribution in [3.63, 3.8) is 0 Å². The van der Waals surface area contributed by atoms with Gasteiger partial charge in [-0.3, -0.25) is 9.69 Å². The molecule has 0 aromatic heterocycles. The van der Waals surface area contributed by atoms with Crippen LogP contribution in [0.1, 0.15) is 23.6 Å². The van der Waals surface area contributed by atoms with Crippen LogP contribution in [0.25, 0.3) is 0 Å². The molecule has 0 fully saturated rings. The highest BCUT2D eigenvalue weighted by molar-refractivity contribution is 7.89. The third-order valence-corrected chi connectivity index (χ3v) is 5.34. The van der Waals surface area contributed by atoms with Gasteiger partial charge in [0, 0.05) is 12.2 Å². The summed E-state index contributed by atoms with van der Waals surface area (Å²) in [5.74, 6) is -0.166. The Hall–Kier alpha value is -2.22. The molecule has 0 radical (unpaired) electrons. The van der Waals surface area contributed by atoms with Crippen molar-refractivity contribution >= 4 is 21.6 Å². The molecule has 0 aliphatic heterocycles. The van der Waals surface area contributed by atoms with Gasteiger partial charge in [0.1, 0.15) is 0 Å². The largest absolute Gasteiger partial charge is 0.325 e. The summed E-state index contributed by atoms with van der Waals surface area (Å²) in [6.07, 6.45) is 0. The molecule has 0 spiro atoms. The standard InChI is InChI=1S/C19H25N3O3S/c1-13-5-6-16(14(2)11-13)12-22(4)15(3)19(23)21-17-7-9-18(10-8-17)26(20,24)25/h5-11,15H,12H2,1-4H3,(H,21,23)(H2,20,24,25)/t15-/m1/s1. The lowest BCUT2D eigenvalue weighted by molar-refractivity contribution is -0.120. The van der Waals surface area contributed by atoms with E-state index in [2.05, 4.69) is 37.4 Å². The van der Waals surface area contributed by atoms with Gasteiger partial charge in [0.25, 0.3) is 0 Å². The van der Waals surface area contributed by atoms with Crippen LogP contribution in [0, 0.1) is 13.8 Å². The molecule has 2 aromatic carbocycles. The number of aryl methyl sites for hydroxylation is 2. The van der Waals surface area contributed by atoms with Crippen LogP contribution in [0.5, 0.6) is 0 Å². The van der Waals surface area contributed by atoms with Gasteiger partial charge in [-0.1, -0.05) is 23.8 Å². The molecular formula is C19H25N3O3S. The number of carbonyl (C=O) groups excluding carboxylic acids is 1. The Morgan fingerprint density at radius 3 is 2.31 bits per heavy atom. The second kappa shape index (κ2) is 7.99. The van der Waals surface area contributed by atoms with Gasteiger partial charge in [-0.15, -0.1) is 0 Å². The fourth-order valence-electron chi connectivity index (χ4n) is 2.60. The molecule has 26 heavy (non-hydrogen) atoms. The summed E-state index contributed by atoms with van der Waals surface area (Å²) in [4.78, 5) is 14.4. The smallest absolute Gasteiger partial charge is 0.241 e. The van der Waals surface area contributed by atoms with E-state index >= 15 is 0 Å². The maximum atomic E-state index is 12.5. The number of primary sulfonamides is 1. The average Bonchev–Trinajstić information content (AvgIpc) is 2.56. The van der Waals surface area contributed by atoms with Crippen molar-refractivity contribution in [2.24, 2.45) is 5.14 Å². The van der Waals surface area contributed by atoms with Crippen LogP contribution >= 0.6 is 0 Å². The topological polar surface area (TPSA) is 92.5 Å². The van der Waals surface area contributed by atoms with Gasteiger partial charge in [-0.25, -0.2) is 13.6 Å². The molecular weight excluding hydrogens is 350 g/mol. The second-order valence-electron chi connectivity index (χ2n) is 6.58. The summed E-state index contributed by atoms with van der Waals surface area (Å²) in [6, 6.07) is 11.7. The minimum absolute atomic E-state index is 0.00973. The SMILES string of the molecule is Cc1ccc(CN(C)[C@H](C)C(=O)Nc2ccc(S(N)(=O)=O)cc2)c(C)c1. The molecule has 1 amide bonds. The quantitative estimate of drug-likeness (QED) is 0.811. The Balaban J connectivity index is 2.02. The minimum atomic E-state index is -3.74. The molecule has 6 nitrogen and oxygen atoms in total. The Labute approximate surface area is 155 Å². The third kappa shape index (κ3) is 5.14.